The lowest BCUT2D eigenvalue weighted by molar-refractivity contribution is 0.407. The molecule has 0 bridgehead atoms. The summed E-state index contributed by atoms with van der Waals surface area (Å²) in [7, 11) is 3.21. The number of nitrogen functional groups attached to an aromatic ring is 1. The van der Waals surface area contributed by atoms with Gasteiger partial charge in [-0.2, -0.15) is 0 Å². The summed E-state index contributed by atoms with van der Waals surface area (Å²) >= 11 is 3.43. The van der Waals surface area contributed by atoms with E-state index in [1.165, 1.54) is 0 Å². The van der Waals surface area contributed by atoms with Crippen molar-refractivity contribution in [3.63, 3.8) is 0 Å². The van der Waals surface area contributed by atoms with E-state index in [2.05, 4.69) is 15.9 Å². The predicted octanol–water partition coefficient (Wildman–Crippen LogP) is 3.84. The largest absolute Gasteiger partial charge is 0.497 e. The third-order valence-electron chi connectivity index (χ3n) is 2.58. The second-order valence-electron chi connectivity index (χ2n) is 3.80. The Hall–Kier alpha value is -1.88. The fraction of sp³-hybridized carbons (Fsp3) is 0.143. The van der Waals surface area contributed by atoms with Gasteiger partial charge in [0, 0.05) is 6.07 Å². The van der Waals surface area contributed by atoms with E-state index in [0.717, 1.165) is 10.2 Å². The predicted molar refractivity (Wildman–Crippen MR) is 78.2 cm³/mol. The molecule has 5 heteroatoms. The third kappa shape index (κ3) is 3.12. The Balaban J connectivity index is 2.30. The number of methoxy groups -OCH3 is 2. The number of nitrogens with two attached hydrogens (primary N) is 1. The Labute approximate surface area is 120 Å². The summed E-state index contributed by atoms with van der Waals surface area (Å²) < 4.78 is 16.8. The van der Waals surface area contributed by atoms with Crippen LogP contribution in [-0.2, 0) is 0 Å². The van der Waals surface area contributed by atoms with Crippen LogP contribution in [0.4, 0.5) is 5.69 Å². The van der Waals surface area contributed by atoms with Crippen molar-refractivity contribution in [2.24, 2.45) is 0 Å². The van der Waals surface area contributed by atoms with Crippen LogP contribution in [0.3, 0.4) is 0 Å². The number of anilines is 1. The molecule has 0 heterocycles. The van der Waals surface area contributed by atoms with Crippen LogP contribution >= 0.6 is 15.9 Å². The summed E-state index contributed by atoms with van der Waals surface area (Å²) in [5, 5.41) is 0. The Morgan fingerprint density at radius 2 is 1.53 bits per heavy atom. The smallest absolute Gasteiger partial charge is 0.154 e. The average molecular weight is 324 g/mol. The number of benzene rings is 2. The summed E-state index contributed by atoms with van der Waals surface area (Å²) in [5.41, 5.74) is 6.42. The van der Waals surface area contributed by atoms with E-state index < -0.39 is 0 Å². The van der Waals surface area contributed by atoms with Crippen molar-refractivity contribution in [3.8, 4) is 23.0 Å². The van der Waals surface area contributed by atoms with Gasteiger partial charge in [-0.25, -0.2) is 0 Å². The molecule has 0 atom stereocenters. The van der Waals surface area contributed by atoms with Gasteiger partial charge in [0.15, 0.2) is 5.75 Å². The van der Waals surface area contributed by atoms with Gasteiger partial charge in [-0.1, -0.05) is 0 Å². The molecule has 4 nitrogen and oxygen atoms in total. The molecule has 2 N–H and O–H groups in total. The van der Waals surface area contributed by atoms with E-state index in [-0.39, 0.29) is 0 Å². The maximum absolute atomic E-state index is 5.88. The van der Waals surface area contributed by atoms with Crippen molar-refractivity contribution in [3.05, 3.63) is 40.9 Å². The zero-order chi connectivity index (χ0) is 13.8. The minimum atomic E-state index is 0.545. The van der Waals surface area contributed by atoms with Crippen LogP contribution in [0.25, 0.3) is 0 Å². The van der Waals surface area contributed by atoms with Crippen molar-refractivity contribution in [2.75, 3.05) is 20.0 Å². The zero-order valence-corrected chi connectivity index (χ0v) is 12.2. The molecule has 0 saturated heterocycles. The third-order valence-corrected chi connectivity index (χ3v) is 3.20. The van der Waals surface area contributed by atoms with Gasteiger partial charge in [-0.3, -0.25) is 0 Å². The highest BCUT2D eigenvalue weighted by atomic mass is 79.9. The first-order valence-electron chi connectivity index (χ1n) is 5.59. The molecule has 0 fully saturated rings. The van der Waals surface area contributed by atoms with Crippen LogP contribution in [0, 0.1) is 0 Å². The van der Waals surface area contributed by atoms with Gasteiger partial charge in [-0.05, 0) is 46.3 Å². The molecule has 2 aromatic carbocycles. The second-order valence-corrected chi connectivity index (χ2v) is 4.66. The summed E-state index contributed by atoms with van der Waals surface area (Å²) in [4.78, 5) is 0. The molecule has 0 aliphatic heterocycles. The number of halogens is 1. The molecule has 2 aromatic rings. The highest BCUT2D eigenvalue weighted by Gasteiger charge is 2.08. The summed E-state index contributed by atoms with van der Waals surface area (Å²) in [6, 6.07) is 10.7. The Bertz CT molecular complexity index is 587. The summed E-state index contributed by atoms with van der Waals surface area (Å²) in [6.45, 7) is 0. The molecule has 0 amide bonds. The van der Waals surface area contributed by atoms with Gasteiger partial charge >= 0.3 is 0 Å². The quantitative estimate of drug-likeness (QED) is 0.868. The van der Waals surface area contributed by atoms with E-state index in [4.69, 9.17) is 19.9 Å². The first-order chi connectivity index (χ1) is 9.13. The number of hydrogen-bond donors (Lipinski definition) is 1. The van der Waals surface area contributed by atoms with E-state index >= 15 is 0 Å². The molecular weight excluding hydrogens is 310 g/mol. The van der Waals surface area contributed by atoms with Crippen molar-refractivity contribution in [2.45, 2.75) is 0 Å². The molecule has 0 aromatic heterocycles. The van der Waals surface area contributed by atoms with Gasteiger partial charge in [-0.15, -0.1) is 0 Å². The minimum Gasteiger partial charge on any atom is -0.497 e. The minimum absolute atomic E-state index is 0.545. The van der Waals surface area contributed by atoms with Gasteiger partial charge in [0.1, 0.15) is 17.2 Å². The second kappa shape index (κ2) is 5.84. The van der Waals surface area contributed by atoms with Crippen molar-refractivity contribution in [1.29, 1.82) is 0 Å². The molecular formula is C14H14BrNO3. The molecule has 100 valence electrons. The lowest BCUT2D eigenvalue weighted by atomic mass is 10.2. The normalized spacial score (nSPS) is 10.1. The lowest BCUT2D eigenvalue weighted by Gasteiger charge is -2.12. The van der Waals surface area contributed by atoms with Gasteiger partial charge in [0.2, 0.25) is 0 Å². The Kier molecular flexibility index (Phi) is 4.16. The van der Waals surface area contributed by atoms with Crippen LogP contribution in [0.1, 0.15) is 0 Å². The molecule has 19 heavy (non-hydrogen) atoms. The van der Waals surface area contributed by atoms with Crippen LogP contribution < -0.4 is 19.9 Å². The van der Waals surface area contributed by atoms with Crippen LogP contribution in [0.15, 0.2) is 40.9 Å². The van der Waals surface area contributed by atoms with Crippen molar-refractivity contribution < 1.29 is 14.2 Å². The molecule has 0 aliphatic carbocycles. The highest BCUT2D eigenvalue weighted by Crippen LogP contribution is 2.36. The fourth-order valence-electron chi connectivity index (χ4n) is 1.54. The Morgan fingerprint density at radius 3 is 2.16 bits per heavy atom. The average Bonchev–Trinajstić information content (AvgIpc) is 2.43. The van der Waals surface area contributed by atoms with Gasteiger partial charge in [0.05, 0.1) is 24.4 Å². The van der Waals surface area contributed by atoms with Crippen LogP contribution in [-0.4, -0.2) is 14.2 Å². The summed E-state index contributed by atoms with van der Waals surface area (Å²) in [6.07, 6.45) is 0. The van der Waals surface area contributed by atoms with E-state index in [9.17, 15) is 0 Å². The first kappa shape index (κ1) is 13.5. The maximum atomic E-state index is 5.88. The van der Waals surface area contributed by atoms with E-state index in [1.807, 2.05) is 18.2 Å². The number of ether oxygens (including phenoxy) is 3. The topological polar surface area (TPSA) is 53.7 Å². The molecule has 0 spiro atoms. The van der Waals surface area contributed by atoms with Crippen LogP contribution in [0.5, 0.6) is 23.0 Å². The fourth-order valence-corrected chi connectivity index (χ4v) is 1.98. The Morgan fingerprint density at radius 1 is 0.895 bits per heavy atom. The molecule has 0 saturated carbocycles. The van der Waals surface area contributed by atoms with Crippen molar-refractivity contribution >= 4 is 21.6 Å². The van der Waals surface area contributed by atoms with Gasteiger partial charge < -0.3 is 19.9 Å². The lowest BCUT2D eigenvalue weighted by Crippen LogP contribution is -1.94. The standard InChI is InChI=1S/C14H14BrNO3/c1-17-9-4-6-13(11(15)7-9)19-14-8-10(18-2)3-5-12(14)16/h3-8H,16H2,1-2H3. The van der Waals surface area contributed by atoms with Crippen LogP contribution in [0.2, 0.25) is 0 Å². The zero-order valence-electron chi connectivity index (χ0n) is 10.6. The first-order valence-corrected chi connectivity index (χ1v) is 6.38. The van der Waals surface area contributed by atoms with Gasteiger partial charge in [0.25, 0.3) is 0 Å². The SMILES string of the molecule is COc1ccc(Oc2cc(OC)ccc2N)c(Br)c1. The van der Waals surface area contributed by atoms with Crippen molar-refractivity contribution in [1.82, 2.24) is 0 Å². The monoisotopic (exact) mass is 323 g/mol. The van der Waals surface area contributed by atoms with E-state index in [0.29, 0.717) is 22.9 Å². The van der Waals surface area contributed by atoms with E-state index in [1.54, 1.807) is 32.4 Å². The number of rotatable bonds is 4. The maximum Gasteiger partial charge on any atom is 0.154 e. The molecule has 0 aliphatic rings. The molecule has 0 unspecified atom stereocenters. The molecule has 0 radical (unpaired) electrons. The number of hydrogen-bond acceptors (Lipinski definition) is 4. The highest BCUT2D eigenvalue weighted by molar-refractivity contribution is 9.10. The summed E-state index contributed by atoms with van der Waals surface area (Å²) in [5.74, 6) is 2.64. The molecule has 2 rings (SSSR count).